The van der Waals surface area contributed by atoms with E-state index in [2.05, 4.69) is 159 Å². The van der Waals surface area contributed by atoms with E-state index in [0.717, 1.165) is 0 Å². The van der Waals surface area contributed by atoms with E-state index in [4.69, 9.17) is 0 Å². The lowest BCUT2D eigenvalue weighted by Gasteiger charge is -2.22. The summed E-state index contributed by atoms with van der Waals surface area (Å²) in [5.74, 6) is 0. The van der Waals surface area contributed by atoms with E-state index in [1.165, 1.54) is 97.0 Å². The molecule has 0 saturated heterocycles. The molecule has 0 radical (unpaired) electrons. The first-order chi connectivity index (χ1) is 22.6. The molecule has 0 fully saturated rings. The topological polar surface area (TPSA) is 0 Å². The van der Waals surface area contributed by atoms with Crippen molar-refractivity contribution in [2.45, 2.75) is 19.3 Å². The molecule has 0 atom stereocenters. The molecule has 8 aromatic carbocycles. The van der Waals surface area contributed by atoms with E-state index < -0.39 is 0 Å². The minimum Gasteiger partial charge on any atom is -0.135 e. The third-order valence-corrected chi connectivity index (χ3v) is 11.6. The van der Waals surface area contributed by atoms with Crippen molar-refractivity contribution in [3.05, 3.63) is 157 Å². The molecular formula is C45H30S. The summed E-state index contributed by atoms with van der Waals surface area (Å²) >= 11 is 1.92. The summed E-state index contributed by atoms with van der Waals surface area (Å²) in [6.07, 6.45) is 0. The molecule has 1 heterocycles. The highest BCUT2D eigenvalue weighted by Gasteiger charge is 2.37. The fourth-order valence-electron chi connectivity index (χ4n) is 8.45. The van der Waals surface area contributed by atoms with E-state index in [-0.39, 0.29) is 5.41 Å². The van der Waals surface area contributed by atoms with Gasteiger partial charge in [-0.1, -0.05) is 147 Å². The molecule has 0 amide bonds. The zero-order valence-corrected chi connectivity index (χ0v) is 26.6. The van der Waals surface area contributed by atoms with Crippen LogP contribution in [0, 0.1) is 0 Å². The van der Waals surface area contributed by atoms with Crippen LogP contribution in [0.3, 0.4) is 0 Å². The Balaban J connectivity index is 1.45. The SMILES string of the molecule is CC1(C)c2ccccc2-c2c1ccc1c(-c3c4ccccc4c(-c4ccccc4)c4ccccc34)cc3sc4ccccc4c3c21. The summed E-state index contributed by atoms with van der Waals surface area (Å²) in [5, 5.41) is 10.6. The van der Waals surface area contributed by atoms with Crippen LogP contribution in [0.1, 0.15) is 25.0 Å². The van der Waals surface area contributed by atoms with Gasteiger partial charge in [-0.15, -0.1) is 11.3 Å². The average Bonchev–Trinajstić information content (AvgIpc) is 3.59. The fraction of sp³-hybridized carbons (Fsp3) is 0.0667. The molecule has 1 aliphatic rings. The minimum absolute atomic E-state index is 0.0645. The van der Waals surface area contributed by atoms with E-state index >= 15 is 0 Å². The third kappa shape index (κ3) is 3.39. The first-order valence-electron chi connectivity index (χ1n) is 16.1. The van der Waals surface area contributed by atoms with Gasteiger partial charge >= 0.3 is 0 Å². The number of thiophene rings is 1. The Morgan fingerprint density at radius 1 is 0.391 bits per heavy atom. The molecule has 0 bridgehead atoms. The highest BCUT2D eigenvalue weighted by molar-refractivity contribution is 7.26. The lowest BCUT2D eigenvalue weighted by atomic mass is 9.80. The lowest BCUT2D eigenvalue weighted by molar-refractivity contribution is 0.661. The Morgan fingerprint density at radius 3 is 1.70 bits per heavy atom. The van der Waals surface area contributed by atoms with E-state index in [0.29, 0.717) is 0 Å². The molecule has 0 spiro atoms. The summed E-state index contributed by atoms with van der Waals surface area (Å²) in [5.41, 5.74) is 10.7. The van der Waals surface area contributed by atoms with Crippen molar-refractivity contribution in [1.29, 1.82) is 0 Å². The molecular weight excluding hydrogens is 573 g/mol. The Hall–Kier alpha value is -5.24. The molecule has 1 heteroatoms. The number of fused-ring (bicyclic) bond motifs is 11. The number of benzene rings is 8. The Kier molecular flexibility index (Phi) is 5.31. The molecule has 0 aliphatic heterocycles. The lowest BCUT2D eigenvalue weighted by Crippen LogP contribution is -2.14. The van der Waals surface area contributed by atoms with Crippen LogP contribution in [-0.2, 0) is 5.41 Å². The first-order valence-corrected chi connectivity index (χ1v) is 16.9. The van der Waals surface area contributed by atoms with Gasteiger partial charge in [-0.05, 0) is 89.0 Å². The van der Waals surface area contributed by atoms with Gasteiger partial charge in [0.15, 0.2) is 0 Å². The predicted molar refractivity (Wildman–Crippen MR) is 200 cm³/mol. The molecule has 1 aromatic heterocycles. The molecule has 216 valence electrons. The predicted octanol–water partition coefficient (Wildman–Crippen LogP) is 13.2. The number of rotatable bonds is 2. The Labute approximate surface area is 272 Å². The van der Waals surface area contributed by atoms with Gasteiger partial charge in [0.1, 0.15) is 0 Å². The molecule has 46 heavy (non-hydrogen) atoms. The van der Waals surface area contributed by atoms with Gasteiger partial charge in [0.05, 0.1) is 0 Å². The normalized spacial score (nSPS) is 13.6. The minimum atomic E-state index is -0.0645. The van der Waals surface area contributed by atoms with Crippen molar-refractivity contribution in [2.75, 3.05) is 0 Å². The second-order valence-corrected chi connectivity index (χ2v) is 14.3. The quantitative estimate of drug-likeness (QED) is 0.173. The van der Waals surface area contributed by atoms with Crippen molar-refractivity contribution in [2.24, 2.45) is 0 Å². The molecule has 1 aliphatic carbocycles. The van der Waals surface area contributed by atoms with Gasteiger partial charge in [0.25, 0.3) is 0 Å². The van der Waals surface area contributed by atoms with Crippen molar-refractivity contribution in [1.82, 2.24) is 0 Å². The summed E-state index contributed by atoms with van der Waals surface area (Å²) < 4.78 is 2.69. The van der Waals surface area contributed by atoms with Crippen LogP contribution in [0.25, 0.3) is 85.9 Å². The van der Waals surface area contributed by atoms with Gasteiger partial charge in [-0.25, -0.2) is 0 Å². The van der Waals surface area contributed by atoms with Gasteiger partial charge in [0, 0.05) is 25.6 Å². The fourth-order valence-corrected chi connectivity index (χ4v) is 9.61. The maximum absolute atomic E-state index is 2.50. The van der Waals surface area contributed by atoms with Crippen LogP contribution >= 0.6 is 11.3 Å². The second kappa shape index (κ2) is 9.39. The van der Waals surface area contributed by atoms with E-state index in [9.17, 15) is 0 Å². The van der Waals surface area contributed by atoms with Gasteiger partial charge in [-0.3, -0.25) is 0 Å². The Morgan fingerprint density at radius 2 is 0.978 bits per heavy atom. The van der Waals surface area contributed by atoms with Crippen molar-refractivity contribution in [3.8, 4) is 33.4 Å². The smallest absolute Gasteiger partial charge is 0.0368 e. The van der Waals surface area contributed by atoms with Crippen LogP contribution in [0.15, 0.2) is 146 Å². The largest absolute Gasteiger partial charge is 0.135 e. The zero-order chi connectivity index (χ0) is 30.6. The summed E-state index contributed by atoms with van der Waals surface area (Å²) in [7, 11) is 0. The first kappa shape index (κ1) is 26.0. The van der Waals surface area contributed by atoms with E-state index in [1.807, 2.05) is 11.3 Å². The molecule has 0 unspecified atom stereocenters. The second-order valence-electron chi connectivity index (χ2n) is 13.2. The zero-order valence-electron chi connectivity index (χ0n) is 25.8. The highest BCUT2D eigenvalue weighted by Crippen LogP contribution is 2.56. The number of hydrogen-bond donors (Lipinski definition) is 0. The molecule has 10 rings (SSSR count). The van der Waals surface area contributed by atoms with Crippen LogP contribution in [0.4, 0.5) is 0 Å². The van der Waals surface area contributed by atoms with Crippen molar-refractivity contribution < 1.29 is 0 Å². The van der Waals surface area contributed by atoms with Crippen LogP contribution in [0.5, 0.6) is 0 Å². The third-order valence-electron chi connectivity index (χ3n) is 10.5. The maximum atomic E-state index is 2.50. The average molecular weight is 603 g/mol. The van der Waals surface area contributed by atoms with E-state index in [1.54, 1.807) is 0 Å². The number of hydrogen-bond acceptors (Lipinski definition) is 1. The van der Waals surface area contributed by atoms with Crippen LogP contribution in [-0.4, -0.2) is 0 Å². The molecule has 0 N–H and O–H groups in total. The van der Waals surface area contributed by atoms with Gasteiger partial charge < -0.3 is 0 Å². The standard InChI is InChI=1S/C45H30S/c1-45(2)36-22-12-10-20-33(36)42-37(45)25-24-32-35(26-39-43(44(32)42)34-21-11-13-23-38(34)46-39)41-30-18-8-6-16-28(30)40(27-14-4-3-5-15-27)29-17-7-9-19-31(29)41/h3-26H,1-2H3. The summed E-state index contributed by atoms with van der Waals surface area (Å²) in [4.78, 5) is 0. The van der Waals surface area contributed by atoms with Crippen LogP contribution in [0.2, 0.25) is 0 Å². The van der Waals surface area contributed by atoms with Gasteiger partial charge in [-0.2, -0.15) is 0 Å². The van der Waals surface area contributed by atoms with Gasteiger partial charge in [0.2, 0.25) is 0 Å². The molecule has 9 aromatic rings. The summed E-state index contributed by atoms with van der Waals surface area (Å²) in [6.45, 7) is 4.78. The Bertz CT molecular complexity index is 2650. The monoisotopic (exact) mass is 602 g/mol. The highest BCUT2D eigenvalue weighted by atomic mass is 32.1. The maximum Gasteiger partial charge on any atom is 0.0368 e. The molecule has 0 saturated carbocycles. The van der Waals surface area contributed by atoms with Crippen molar-refractivity contribution >= 4 is 63.8 Å². The summed E-state index contributed by atoms with van der Waals surface area (Å²) in [6, 6.07) is 54.3. The van der Waals surface area contributed by atoms with Crippen LogP contribution < -0.4 is 0 Å². The van der Waals surface area contributed by atoms with Crippen molar-refractivity contribution in [3.63, 3.8) is 0 Å². The molecule has 0 nitrogen and oxygen atoms in total.